The van der Waals surface area contributed by atoms with Crippen LogP contribution < -0.4 is 0 Å². The summed E-state index contributed by atoms with van der Waals surface area (Å²) in [4.78, 5) is 11.9. The molecule has 0 radical (unpaired) electrons. The summed E-state index contributed by atoms with van der Waals surface area (Å²) in [7, 11) is 0. The smallest absolute Gasteiger partial charge is 0.167 e. The van der Waals surface area contributed by atoms with Crippen molar-refractivity contribution < 1.29 is 4.79 Å². The zero-order chi connectivity index (χ0) is 10.8. The highest BCUT2D eigenvalue weighted by atomic mass is 16.1. The lowest BCUT2D eigenvalue weighted by molar-refractivity contribution is -0.122. The maximum atomic E-state index is 11.9. The van der Waals surface area contributed by atoms with E-state index < -0.39 is 0 Å². The van der Waals surface area contributed by atoms with E-state index >= 15 is 0 Å². The van der Waals surface area contributed by atoms with Gasteiger partial charge in [0, 0.05) is 11.0 Å². The first-order chi connectivity index (χ1) is 6.43. The van der Waals surface area contributed by atoms with Crippen molar-refractivity contribution in [1.82, 2.24) is 0 Å². The standard InChI is InChI=1S/C13H20O/c1-10(12(14)13(2,3)4)11-8-6-5-7-9-11/h8H,1,5-7,9H2,2-4H3. The van der Waals surface area contributed by atoms with Gasteiger partial charge < -0.3 is 0 Å². The van der Waals surface area contributed by atoms with Crippen molar-refractivity contribution in [3.63, 3.8) is 0 Å². The van der Waals surface area contributed by atoms with Gasteiger partial charge in [-0.1, -0.05) is 33.4 Å². The molecule has 0 bridgehead atoms. The number of ketones is 1. The van der Waals surface area contributed by atoms with Crippen LogP contribution in [0.4, 0.5) is 0 Å². The first-order valence-electron chi connectivity index (χ1n) is 5.36. The van der Waals surface area contributed by atoms with Gasteiger partial charge in [0.25, 0.3) is 0 Å². The van der Waals surface area contributed by atoms with Crippen molar-refractivity contribution in [2.75, 3.05) is 0 Å². The van der Waals surface area contributed by atoms with Crippen LogP contribution in [0, 0.1) is 5.41 Å². The first kappa shape index (κ1) is 11.2. The van der Waals surface area contributed by atoms with E-state index in [9.17, 15) is 4.79 Å². The highest BCUT2D eigenvalue weighted by molar-refractivity contribution is 6.02. The lowest BCUT2D eigenvalue weighted by atomic mass is 9.82. The molecule has 0 atom stereocenters. The second-order valence-electron chi connectivity index (χ2n) is 5.03. The molecule has 0 saturated carbocycles. The number of carbonyl (C=O) groups is 1. The van der Waals surface area contributed by atoms with Crippen LogP contribution in [0.2, 0.25) is 0 Å². The monoisotopic (exact) mass is 192 g/mol. The first-order valence-corrected chi connectivity index (χ1v) is 5.36. The lowest BCUT2D eigenvalue weighted by Gasteiger charge is -2.21. The molecule has 1 heteroatoms. The summed E-state index contributed by atoms with van der Waals surface area (Å²) < 4.78 is 0. The molecular weight excluding hydrogens is 172 g/mol. The Morgan fingerprint density at radius 2 is 2.00 bits per heavy atom. The Kier molecular flexibility index (Phi) is 3.30. The van der Waals surface area contributed by atoms with E-state index in [0.717, 1.165) is 18.4 Å². The van der Waals surface area contributed by atoms with Crippen LogP contribution in [-0.4, -0.2) is 5.78 Å². The molecule has 0 aromatic rings. The van der Waals surface area contributed by atoms with Crippen LogP contribution in [0.25, 0.3) is 0 Å². The van der Waals surface area contributed by atoms with E-state index in [2.05, 4.69) is 12.7 Å². The molecule has 1 aliphatic rings. The van der Waals surface area contributed by atoms with Crippen molar-refractivity contribution in [2.24, 2.45) is 5.41 Å². The van der Waals surface area contributed by atoms with Gasteiger partial charge in [-0.05, 0) is 31.3 Å². The summed E-state index contributed by atoms with van der Waals surface area (Å²) in [6.07, 6.45) is 6.75. The van der Waals surface area contributed by atoms with E-state index in [1.165, 1.54) is 18.4 Å². The van der Waals surface area contributed by atoms with Gasteiger partial charge in [-0.25, -0.2) is 0 Å². The van der Waals surface area contributed by atoms with Crippen molar-refractivity contribution in [3.05, 3.63) is 23.8 Å². The SMILES string of the molecule is C=C(C(=O)C(C)(C)C)C1=CCCCC1. The van der Waals surface area contributed by atoms with Crippen LogP contribution in [0.3, 0.4) is 0 Å². The highest BCUT2D eigenvalue weighted by Crippen LogP contribution is 2.28. The van der Waals surface area contributed by atoms with Crippen LogP contribution >= 0.6 is 0 Å². The minimum atomic E-state index is -0.296. The van der Waals surface area contributed by atoms with Crippen molar-refractivity contribution in [3.8, 4) is 0 Å². The number of rotatable bonds is 2. The number of allylic oxidation sites excluding steroid dienone is 3. The Bertz CT molecular complexity index is 276. The third-order valence-corrected chi connectivity index (χ3v) is 2.63. The van der Waals surface area contributed by atoms with Crippen LogP contribution in [0.5, 0.6) is 0 Å². The topological polar surface area (TPSA) is 17.1 Å². The molecular formula is C13H20O. The van der Waals surface area contributed by atoms with Gasteiger partial charge in [0.2, 0.25) is 0 Å². The normalized spacial score (nSPS) is 17.5. The average molecular weight is 192 g/mol. The zero-order valence-corrected chi connectivity index (χ0v) is 9.52. The maximum absolute atomic E-state index is 11.9. The van der Waals surface area contributed by atoms with Gasteiger partial charge in [0.15, 0.2) is 5.78 Å². The minimum Gasteiger partial charge on any atom is -0.294 e. The predicted molar refractivity (Wildman–Crippen MR) is 60.2 cm³/mol. The molecule has 0 spiro atoms. The summed E-state index contributed by atoms with van der Waals surface area (Å²) in [5.74, 6) is 0.186. The molecule has 0 amide bonds. The molecule has 14 heavy (non-hydrogen) atoms. The fraction of sp³-hybridized carbons (Fsp3) is 0.615. The van der Waals surface area contributed by atoms with Gasteiger partial charge in [0.05, 0.1) is 0 Å². The number of hydrogen-bond acceptors (Lipinski definition) is 1. The molecule has 0 aromatic carbocycles. The molecule has 1 nitrogen and oxygen atoms in total. The van der Waals surface area contributed by atoms with Crippen molar-refractivity contribution in [1.29, 1.82) is 0 Å². The van der Waals surface area contributed by atoms with Crippen LogP contribution in [0.15, 0.2) is 23.8 Å². The van der Waals surface area contributed by atoms with Gasteiger partial charge in [-0.2, -0.15) is 0 Å². The Labute approximate surface area is 86.9 Å². The van der Waals surface area contributed by atoms with E-state index in [0.29, 0.717) is 0 Å². The maximum Gasteiger partial charge on any atom is 0.167 e. The molecule has 0 N–H and O–H groups in total. The van der Waals surface area contributed by atoms with Crippen molar-refractivity contribution >= 4 is 5.78 Å². The predicted octanol–water partition coefficient (Wildman–Crippen LogP) is 3.66. The average Bonchev–Trinajstić information content (AvgIpc) is 2.15. The molecule has 0 unspecified atom stereocenters. The third kappa shape index (κ3) is 2.57. The van der Waals surface area contributed by atoms with E-state index in [1.807, 2.05) is 20.8 Å². The number of Topliss-reactive ketones (excluding diaryl/α,β-unsaturated/α-hetero) is 1. The van der Waals surface area contributed by atoms with E-state index in [1.54, 1.807) is 0 Å². The van der Waals surface area contributed by atoms with Crippen molar-refractivity contribution in [2.45, 2.75) is 46.5 Å². The summed E-state index contributed by atoms with van der Waals surface area (Å²) in [6, 6.07) is 0. The van der Waals surface area contributed by atoms with Crippen LogP contribution in [-0.2, 0) is 4.79 Å². The minimum absolute atomic E-state index is 0.186. The number of carbonyl (C=O) groups excluding carboxylic acids is 1. The molecule has 0 fully saturated rings. The Morgan fingerprint density at radius 3 is 2.43 bits per heavy atom. The zero-order valence-electron chi connectivity index (χ0n) is 9.52. The van der Waals surface area contributed by atoms with Gasteiger partial charge >= 0.3 is 0 Å². The molecule has 0 aromatic heterocycles. The Hall–Kier alpha value is -0.850. The summed E-state index contributed by atoms with van der Waals surface area (Å²) >= 11 is 0. The largest absolute Gasteiger partial charge is 0.294 e. The highest BCUT2D eigenvalue weighted by Gasteiger charge is 2.25. The fourth-order valence-electron chi connectivity index (χ4n) is 1.71. The summed E-state index contributed by atoms with van der Waals surface area (Å²) in [5.41, 5.74) is 1.61. The van der Waals surface area contributed by atoms with E-state index in [4.69, 9.17) is 0 Å². The molecule has 0 saturated heterocycles. The summed E-state index contributed by atoms with van der Waals surface area (Å²) in [5, 5.41) is 0. The van der Waals surface area contributed by atoms with Gasteiger partial charge in [0.1, 0.15) is 0 Å². The molecule has 0 heterocycles. The molecule has 78 valence electrons. The summed E-state index contributed by atoms with van der Waals surface area (Å²) in [6.45, 7) is 9.77. The molecule has 1 rings (SSSR count). The van der Waals surface area contributed by atoms with Crippen LogP contribution in [0.1, 0.15) is 46.5 Å². The lowest BCUT2D eigenvalue weighted by Crippen LogP contribution is -2.22. The Morgan fingerprint density at radius 1 is 1.36 bits per heavy atom. The second-order valence-corrected chi connectivity index (χ2v) is 5.03. The van der Waals surface area contributed by atoms with Gasteiger partial charge in [-0.15, -0.1) is 0 Å². The van der Waals surface area contributed by atoms with Gasteiger partial charge in [-0.3, -0.25) is 4.79 Å². The molecule has 0 aliphatic heterocycles. The number of hydrogen-bond donors (Lipinski definition) is 0. The van der Waals surface area contributed by atoms with E-state index in [-0.39, 0.29) is 11.2 Å². The third-order valence-electron chi connectivity index (χ3n) is 2.63. The Balaban J connectivity index is 2.75. The fourth-order valence-corrected chi connectivity index (χ4v) is 1.71. The second kappa shape index (κ2) is 4.12. The molecule has 1 aliphatic carbocycles. The quantitative estimate of drug-likeness (QED) is 0.610.